The molecule has 20 heavy (non-hydrogen) atoms. The van der Waals surface area contributed by atoms with E-state index in [0.717, 1.165) is 25.7 Å². The Morgan fingerprint density at radius 3 is 3.15 bits per heavy atom. The Balaban J connectivity index is 1.56. The number of nitrogens with one attached hydrogen (secondary N) is 1. The predicted molar refractivity (Wildman–Crippen MR) is 78.8 cm³/mol. The van der Waals surface area contributed by atoms with Crippen molar-refractivity contribution >= 4 is 5.69 Å². The molecule has 0 spiro atoms. The standard InChI is InChI=1S/C16H23N3O/c1-2-15-16(3-1)20-9-8-19(15)14-6-7-17-10-12(14)11-18-13-4-5-13/h6-7,10,13,15-16,18H,1-5,8-9,11H2. The fourth-order valence-electron chi connectivity index (χ4n) is 3.60. The summed E-state index contributed by atoms with van der Waals surface area (Å²) in [6, 6.07) is 3.50. The van der Waals surface area contributed by atoms with E-state index < -0.39 is 0 Å². The molecule has 1 N–H and O–H groups in total. The normalized spacial score (nSPS) is 29.5. The summed E-state index contributed by atoms with van der Waals surface area (Å²) in [6.45, 7) is 2.82. The summed E-state index contributed by atoms with van der Waals surface area (Å²) in [4.78, 5) is 6.90. The van der Waals surface area contributed by atoms with Crippen molar-refractivity contribution < 1.29 is 4.74 Å². The summed E-state index contributed by atoms with van der Waals surface area (Å²) in [5, 5.41) is 3.61. The van der Waals surface area contributed by atoms with Crippen molar-refractivity contribution in [3.8, 4) is 0 Å². The lowest BCUT2D eigenvalue weighted by molar-refractivity contribution is 0.0255. The van der Waals surface area contributed by atoms with Gasteiger partial charge < -0.3 is 15.0 Å². The molecular formula is C16H23N3O. The van der Waals surface area contributed by atoms with Gasteiger partial charge in [0, 0.05) is 42.8 Å². The zero-order valence-electron chi connectivity index (χ0n) is 11.9. The first-order chi connectivity index (χ1) is 9.92. The first kappa shape index (κ1) is 12.6. The highest BCUT2D eigenvalue weighted by Crippen LogP contribution is 2.34. The van der Waals surface area contributed by atoms with Gasteiger partial charge in [-0.25, -0.2) is 0 Å². The Morgan fingerprint density at radius 1 is 1.30 bits per heavy atom. The van der Waals surface area contributed by atoms with Crippen LogP contribution in [0.25, 0.3) is 0 Å². The van der Waals surface area contributed by atoms with Gasteiger partial charge in [-0.05, 0) is 38.2 Å². The molecule has 1 aromatic heterocycles. The molecule has 2 saturated carbocycles. The SMILES string of the molecule is c1cc(N2CCOC3CCCC32)c(CNC2CC2)cn1. The molecule has 2 aliphatic carbocycles. The van der Waals surface area contributed by atoms with Crippen LogP contribution in [0.1, 0.15) is 37.7 Å². The van der Waals surface area contributed by atoms with Gasteiger partial charge >= 0.3 is 0 Å². The van der Waals surface area contributed by atoms with Gasteiger partial charge in [0.05, 0.1) is 18.8 Å². The van der Waals surface area contributed by atoms with Gasteiger partial charge in [-0.1, -0.05) is 0 Å². The fraction of sp³-hybridized carbons (Fsp3) is 0.688. The molecule has 3 aliphatic rings. The van der Waals surface area contributed by atoms with Crippen LogP contribution in [-0.2, 0) is 11.3 Å². The average molecular weight is 273 g/mol. The van der Waals surface area contributed by atoms with Crippen LogP contribution in [0.3, 0.4) is 0 Å². The van der Waals surface area contributed by atoms with Crippen molar-refractivity contribution in [1.82, 2.24) is 10.3 Å². The van der Waals surface area contributed by atoms with Gasteiger partial charge in [0.1, 0.15) is 0 Å². The van der Waals surface area contributed by atoms with Crippen LogP contribution in [0, 0.1) is 0 Å². The summed E-state index contributed by atoms with van der Waals surface area (Å²) in [6.07, 6.45) is 10.9. The summed E-state index contributed by atoms with van der Waals surface area (Å²) in [7, 11) is 0. The second-order valence-corrected chi connectivity index (χ2v) is 6.26. The number of fused-ring (bicyclic) bond motifs is 1. The maximum Gasteiger partial charge on any atom is 0.0779 e. The Kier molecular flexibility index (Phi) is 3.36. The van der Waals surface area contributed by atoms with Gasteiger partial charge in [-0.3, -0.25) is 4.98 Å². The number of morpholine rings is 1. The number of pyridine rings is 1. The van der Waals surface area contributed by atoms with Crippen molar-refractivity contribution in [2.45, 2.75) is 56.8 Å². The topological polar surface area (TPSA) is 37.4 Å². The molecule has 0 aromatic carbocycles. The third kappa shape index (κ3) is 2.42. The van der Waals surface area contributed by atoms with Crippen molar-refractivity contribution in [2.75, 3.05) is 18.1 Å². The lowest BCUT2D eigenvalue weighted by Gasteiger charge is -2.40. The second kappa shape index (κ2) is 5.34. The number of nitrogens with zero attached hydrogens (tertiary/aromatic N) is 2. The molecule has 0 bridgehead atoms. The molecule has 3 fully saturated rings. The summed E-state index contributed by atoms with van der Waals surface area (Å²) in [5.74, 6) is 0. The molecule has 0 radical (unpaired) electrons. The highest BCUT2D eigenvalue weighted by Gasteiger charge is 2.36. The highest BCUT2D eigenvalue weighted by molar-refractivity contribution is 5.54. The van der Waals surface area contributed by atoms with Gasteiger partial charge in [-0.2, -0.15) is 0 Å². The molecule has 4 heteroatoms. The van der Waals surface area contributed by atoms with Crippen LogP contribution < -0.4 is 10.2 Å². The highest BCUT2D eigenvalue weighted by atomic mass is 16.5. The van der Waals surface area contributed by atoms with Gasteiger partial charge in [0.15, 0.2) is 0 Å². The van der Waals surface area contributed by atoms with E-state index in [9.17, 15) is 0 Å². The number of rotatable bonds is 4. The molecular weight excluding hydrogens is 250 g/mol. The molecule has 1 aromatic rings. The minimum absolute atomic E-state index is 0.446. The Bertz CT molecular complexity index is 475. The summed E-state index contributed by atoms with van der Waals surface area (Å²) in [5.41, 5.74) is 2.71. The second-order valence-electron chi connectivity index (χ2n) is 6.26. The summed E-state index contributed by atoms with van der Waals surface area (Å²) >= 11 is 0. The van der Waals surface area contributed by atoms with Crippen molar-refractivity contribution in [1.29, 1.82) is 0 Å². The number of ether oxygens (including phenoxy) is 1. The Morgan fingerprint density at radius 2 is 2.25 bits per heavy atom. The molecule has 2 heterocycles. The summed E-state index contributed by atoms with van der Waals surface area (Å²) < 4.78 is 5.93. The zero-order chi connectivity index (χ0) is 13.4. The van der Waals surface area contributed by atoms with Crippen LogP contribution in [0.2, 0.25) is 0 Å². The first-order valence-corrected chi connectivity index (χ1v) is 7.96. The molecule has 4 rings (SSSR count). The van der Waals surface area contributed by atoms with E-state index in [1.807, 2.05) is 12.4 Å². The number of hydrogen-bond acceptors (Lipinski definition) is 4. The quantitative estimate of drug-likeness (QED) is 0.911. The third-order valence-corrected chi connectivity index (χ3v) is 4.83. The van der Waals surface area contributed by atoms with Crippen LogP contribution in [0.15, 0.2) is 18.5 Å². The maximum atomic E-state index is 5.93. The largest absolute Gasteiger partial charge is 0.374 e. The molecule has 2 unspecified atom stereocenters. The van der Waals surface area contributed by atoms with E-state index in [-0.39, 0.29) is 0 Å². The Hall–Kier alpha value is -1.13. The minimum Gasteiger partial charge on any atom is -0.374 e. The van der Waals surface area contributed by atoms with E-state index in [4.69, 9.17) is 4.74 Å². The van der Waals surface area contributed by atoms with E-state index in [1.165, 1.54) is 43.4 Å². The molecule has 2 atom stereocenters. The number of anilines is 1. The average Bonchev–Trinajstić information content (AvgIpc) is 3.20. The molecule has 0 amide bonds. The lowest BCUT2D eigenvalue weighted by atomic mass is 10.1. The van der Waals surface area contributed by atoms with E-state index >= 15 is 0 Å². The van der Waals surface area contributed by atoms with Crippen LogP contribution in [-0.4, -0.2) is 36.3 Å². The van der Waals surface area contributed by atoms with Gasteiger partial charge in [0.25, 0.3) is 0 Å². The van der Waals surface area contributed by atoms with Gasteiger partial charge in [0.2, 0.25) is 0 Å². The van der Waals surface area contributed by atoms with E-state index in [1.54, 1.807) is 0 Å². The number of hydrogen-bond donors (Lipinski definition) is 1. The molecule has 108 valence electrons. The first-order valence-electron chi connectivity index (χ1n) is 7.96. The van der Waals surface area contributed by atoms with Crippen LogP contribution >= 0.6 is 0 Å². The molecule has 1 aliphatic heterocycles. The smallest absolute Gasteiger partial charge is 0.0779 e. The lowest BCUT2D eigenvalue weighted by Crippen LogP contribution is -2.49. The predicted octanol–water partition coefficient (Wildman–Crippen LogP) is 2.09. The Labute approximate surface area is 120 Å². The van der Waals surface area contributed by atoms with Crippen LogP contribution in [0.4, 0.5) is 5.69 Å². The maximum absolute atomic E-state index is 5.93. The monoisotopic (exact) mass is 273 g/mol. The van der Waals surface area contributed by atoms with Crippen molar-refractivity contribution in [3.05, 3.63) is 24.0 Å². The van der Waals surface area contributed by atoms with Crippen molar-refractivity contribution in [2.24, 2.45) is 0 Å². The molecule has 1 saturated heterocycles. The molecule has 4 nitrogen and oxygen atoms in total. The number of aromatic nitrogens is 1. The zero-order valence-corrected chi connectivity index (χ0v) is 11.9. The van der Waals surface area contributed by atoms with E-state index in [0.29, 0.717) is 12.1 Å². The minimum atomic E-state index is 0.446. The van der Waals surface area contributed by atoms with Gasteiger partial charge in [-0.15, -0.1) is 0 Å². The van der Waals surface area contributed by atoms with E-state index in [2.05, 4.69) is 21.3 Å². The fourth-order valence-corrected chi connectivity index (χ4v) is 3.60. The van der Waals surface area contributed by atoms with Crippen molar-refractivity contribution in [3.63, 3.8) is 0 Å². The third-order valence-electron chi connectivity index (χ3n) is 4.83. The van der Waals surface area contributed by atoms with Crippen LogP contribution in [0.5, 0.6) is 0 Å².